The fraction of sp³-hybridized carbons (Fsp3) is 0.533. The molecule has 0 bridgehead atoms. The number of hydrogen-bond acceptors (Lipinski definition) is 3. The predicted molar refractivity (Wildman–Crippen MR) is 75.6 cm³/mol. The highest BCUT2D eigenvalue weighted by Gasteiger charge is 2.30. The number of carbonyl (C=O) groups excluding carboxylic acids is 1. The van der Waals surface area contributed by atoms with Crippen LogP contribution >= 0.6 is 0 Å². The molecule has 2 rings (SSSR count). The van der Waals surface area contributed by atoms with Gasteiger partial charge in [0, 0.05) is 24.2 Å². The van der Waals surface area contributed by atoms with Crippen LogP contribution in [0.1, 0.15) is 30.1 Å². The molecule has 0 aromatic heterocycles. The van der Waals surface area contributed by atoms with Crippen molar-refractivity contribution in [3.8, 4) is 5.75 Å². The lowest BCUT2D eigenvalue weighted by Gasteiger charge is -2.39. The molecule has 5 heteroatoms. The van der Waals surface area contributed by atoms with Gasteiger partial charge in [-0.1, -0.05) is 0 Å². The monoisotopic (exact) mass is 280 g/mol. The molecule has 1 N–H and O–H groups in total. The van der Waals surface area contributed by atoms with E-state index in [9.17, 15) is 9.18 Å². The van der Waals surface area contributed by atoms with Crippen molar-refractivity contribution in [3.63, 3.8) is 0 Å². The van der Waals surface area contributed by atoms with Crippen LogP contribution in [-0.2, 0) is 0 Å². The molecule has 1 aromatic rings. The van der Waals surface area contributed by atoms with Crippen molar-refractivity contribution < 1.29 is 13.9 Å². The molecule has 0 aliphatic carbocycles. The van der Waals surface area contributed by atoms with Crippen LogP contribution in [0, 0.1) is 5.82 Å². The Balaban J connectivity index is 2.07. The molecular weight excluding hydrogens is 259 g/mol. The minimum absolute atomic E-state index is 0.0853. The van der Waals surface area contributed by atoms with Crippen LogP contribution in [0.25, 0.3) is 0 Å². The van der Waals surface area contributed by atoms with Gasteiger partial charge in [-0.2, -0.15) is 0 Å². The van der Waals surface area contributed by atoms with Gasteiger partial charge in [0.15, 0.2) is 11.6 Å². The molecule has 20 heavy (non-hydrogen) atoms. The number of hydrogen-bond donors (Lipinski definition) is 1. The van der Waals surface area contributed by atoms with Gasteiger partial charge in [-0.3, -0.25) is 4.79 Å². The highest BCUT2D eigenvalue weighted by Crippen LogP contribution is 2.24. The standard InChI is InChI=1S/C15H21FN2O2/c1-15(17-2)6-8-18(9-7-15)14(19)11-4-5-13(20-3)12(16)10-11/h4-5,10,17H,6-9H2,1-3H3. The summed E-state index contributed by atoms with van der Waals surface area (Å²) in [5, 5.41) is 3.29. The van der Waals surface area contributed by atoms with Crippen LogP contribution in [0.4, 0.5) is 4.39 Å². The van der Waals surface area contributed by atoms with E-state index in [0.717, 1.165) is 12.8 Å². The Morgan fingerprint density at radius 1 is 1.40 bits per heavy atom. The first kappa shape index (κ1) is 14.8. The van der Waals surface area contributed by atoms with E-state index in [1.165, 1.54) is 19.2 Å². The molecule has 0 spiro atoms. The maximum Gasteiger partial charge on any atom is 0.253 e. The summed E-state index contributed by atoms with van der Waals surface area (Å²) in [5.41, 5.74) is 0.457. The minimum Gasteiger partial charge on any atom is -0.494 e. The summed E-state index contributed by atoms with van der Waals surface area (Å²) in [7, 11) is 3.35. The Hall–Kier alpha value is -1.62. The average molecular weight is 280 g/mol. The fourth-order valence-corrected chi connectivity index (χ4v) is 2.44. The van der Waals surface area contributed by atoms with Crippen molar-refractivity contribution in [2.75, 3.05) is 27.2 Å². The molecule has 1 amide bonds. The third-order valence-electron chi connectivity index (χ3n) is 4.16. The van der Waals surface area contributed by atoms with Crippen molar-refractivity contribution in [3.05, 3.63) is 29.6 Å². The zero-order valence-corrected chi connectivity index (χ0v) is 12.2. The Labute approximate surface area is 118 Å². The first-order valence-electron chi connectivity index (χ1n) is 6.81. The van der Waals surface area contributed by atoms with Crippen molar-refractivity contribution in [1.29, 1.82) is 0 Å². The van der Waals surface area contributed by atoms with Crippen molar-refractivity contribution in [2.24, 2.45) is 0 Å². The van der Waals surface area contributed by atoms with Gasteiger partial charge in [-0.05, 0) is 45.0 Å². The van der Waals surface area contributed by atoms with Gasteiger partial charge in [-0.25, -0.2) is 4.39 Å². The number of piperidine rings is 1. The first-order chi connectivity index (χ1) is 9.49. The second kappa shape index (κ2) is 5.79. The highest BCUT2D eigenvalue weighted by molar-refractivity contribution is 5.94. The number of benzene rings is 1. The van der Waals surface area contributed by atoms with Gasteiger partial charge in [-0.15, -0.1) is 0 Å². The smallest absolute Gasteiger partial charge is 0.253 e. The van der Waals surface area contributed by atoms with Crippen molar-refractivity contribution in [2.45, 2.75) is 25.3 Å². The number of rotatable bonds is 3. The average Bonchev–Trinajstić information content (AvgIpc) is 2.47. The molecule has 0 saturated carbocycles. The number of halogens is 1. The molecule has 1 aliphatic heterocycles. The Morgan fingerprint density at radius 3 is 2.55 bits per heavy atom. The number of likely N-dealkylation sites (tertiary alicyclic amines) is 1. The number of nitrogens with one attached hydrogen (secondary N) is 1. The van der Waals surface area contributed by atoms with Crippen molar-refractivity contribution in [1.82, 2.24) is 10.2 Å². The van der Waals surface area contributed by atoms with Gasteiger partial charge in [0.2, 0.25) is 0 Å². The topological polar surface area (TPSA) is 41.6 Å². The molecule has 1 aromatic carbocycles. The lowest BCUT2D eigenvalue weighted by molar-refractivity contribution is 0.0661. The quantitative estimate of drug-likeness (QED) is 0.921. The molecule has 110 valence electrons. The second-order valence-corrected chi connectivity index (χ2v) is 5.45. The Kier molecular flexibility index (Phi) is 4.28. The number of carbonyl (C=O) groups is 1. The maximum atomic E-state index is 13.6. The molecule has 1 heterocycles. The van der Waals surface area contributed by atoms with Gasteiger partial charge in [0.05, 0.1) is 7.11 Å². The van der Waals surface area contributed by atoms with Gasteiger partial charge in [0.1, 0.15) is 0 Å². The van der Waals surface area contributed by atoms with E-state index in [1.807, 2.05) is 7.05 Å². The summed E-state index contributed by atoms with van der Waals surface area (Å²) >= 11 is 0. The number of nitrogens with zero attached hydrogens (tertiary/aromatic N) is 1. The maximum absolute atomic E-state index is 13.6. The highest BCUT2D eigenvalue weighted by atomic mass is 19.1. The van der Waals surface area contributed by atoms with E-state index >= 15 is 0 Å². The SMILES string of the molecule is CNC1(C)CCN(C(=O)c2ccc(OC)c(F)c2)CC1. The Bertz CT molecular complexity index is 497. The minimum atomic E-state index is -0.504. The van der Waals surface area contributed by atoms with Crippen LogP contribution in [-0.4, -0.2) is 43.6 Å². The Morgan fingerprint density at radius 2 is 2.05 bits per heavy atom. The third-order valence-corrected chi connectivity index (χ3v) is 4.16. The first-order valence-corrected chi connectivity index (χ1v) is 6.81. The van der Waals surface area contributed by atoms with E-state index < -0.39 is 5.82 Å². The number of ether oxygens (including phenoxy) is 1. The zero-order valence-electron chi connectivity index (χ0n) is 12.2. The van der Waals surface area contributed by atoms with Crippen LogP contribution in [0.5, 0.6) is 5.75 Å². The van der Waals surface area contributed by atoms with Gasteiger partial charge < -0.3 is 15.0 Å². The van der Waals surface area contributed by atoms with E-state index in [2.05, 4.69) is 12.2 Å². The second-order valence-electron chi connectivity index (χ2n) is 5.45. The summed E-state index contributed by atoms with van der Waals surface area (Å²) in [6.07, 6.45) is 1.79. The lowest BCUT2D eigenvalue weighted by atomic mass is 9.89. The van der Waals surface area contributed by atoms with Gasteiger partial charge in [0.25, 0.3) is 5.91 Å². The summed E-state index contributed by atoms with van der Waals surface area (Å²) < 4.78 is 18.5. The van der Waals surface area contributed by atoms with Crippen LogP contribution in [0.15, 0.2) is 18.2 Å². The predicted octanol–water partition coefficient (Wildman–Crippen LogP) is 2.05. The van der Waals surface area contributed by atoms with Gasteiger partial charge >= 0.3 is 0 Å². The van der Waals surface area contributed by atoms with E-state index in [4.69, 9.17) is 4.74 Å². The number of methoxy groups -OCH3 is 1. The van der Waals surface area contributed by atoms with E-state index in [1.54, 1.807) is 11.0 Å². The molecule has 4 nitrogen and oxygen atoms in total. The van der Waals surface area contributed by atoms with Crippen molar-refractivity contribution >= 4 is 5.91 Å². The molecular formula is C15H21FN2O2. The lowest BCUT2D eigenvalue weighted by Crippen LogP contribution is -2.51. The zero-order chi connectivity index (χ0) is 14.8. The molecule has 0 atom stereocenters. The molecule has 1 aliphatic rings. The van der Waals surface area contributed by atoms with Crippen LogP contribution < -0.4 is 10.1 Å². The van der Waals surface area contributed by atoms with Crippen LogP contribution in [0.3, 0.4) is 0 Å². The van der Waals surface area contributed by atoms with Crippen LogP contribution in [0.2, 0.25) is 0 Å². The fourth-order valence-electron chi connectivity index (χ4n) is 2.44. The summed E-state index contributed by atoms with van der Waals surface area (Å²) in [4.78, 5) is 14.1. The van der Waals surface area contributed by atoms with E-state index in [0.29, 0.717) is 18.7 Å². The normalized spacial score (nSPS) is 17.9. The summed E-state index contributed by atoms with van der Waals surface area (Å²) in [6, 6.07) is 4.34. The molecule has 1 fully saturated rings. The molecule has 0 unspecified atom stereocenters. The summed E-state index contributed by atoms with van der Waals surface area (Å²) in [5.74, 6) is -0.469. The molecule has 0 radical (unpaired) electrons. The van der Waals surface area contributed by atoms with E-state index in [-0.39, 0.29) is 17.2 Å². The largest absolute Gasteiger partial charge is 0.494 e. The number of amides is 1. The molecule has 1 saturated heterocycles. The summed E-state index contributed by atoms with van der Waals surface area (Å²) in [6.45, 7) is 3.52. The third kappa shape index (κ3) is 2.93.